The molecule has 3 N–H and O–H groups in total. The van der Waals surface area contributed by atoms with Crippen LogP contribution in [0.15, 0.2) is 30.3 Å². The lowest BCUT2D eigenvalue weighted by atomic mass is 10.1. The molecule has 1 amide bonds. The van der Waals surface area contributed by atoms with Crippen molar-refractivity contribution in [2.45, 2.75) is 20.4 Å². The molecule has 18 heavy (non-hydrogen) atoms. The van der Waals surface area contributed by atoms with E-state index in [1.165, 1.54) is 4.88 Å². The lowest BCUT2D eigenvalue weighted by Gasteiger charge is -2.07. The molecule has 0 saturated carbocycles. The Labute approximate surface area is 111 Å². The average molecular weight is 260 g/mol. The van der Waals surface area contributed by atoms with Crippen LogP contribution in [0, 0.1) is 13.8 Å². The molecular weight excluding hydrogens is 244 g/mol. The number of hydrogen-bond acceptors (Lipinski definition) is 3. The molecule has 0 aliphatic rings. The van der Waals surface area contributed by atoms with Gasteiger partial charge in [0.05, 0.1) is 12.1 Å². The summed E-state index contributed by atoms with van der Waals surface area (Å²) in [5.74, 6) is -0.126. The lowest BCUT2D eigenvalue weighted by molar-refractivity contribution is 0.0952. The summed E-state index contributed by atoms with van der Waals surface area (Å²) in [6, 6.07) is 9.54. The van der Waals surface area contributed by atoms with Crippen molar-refractivity contribution in [1.29, 1.82) is 0 Å². The van der Waals surface area contributed by atoms with E-state index in [9.17, 15) is 4.79 Å². The highest BCUT2D eigenvalue weighted by molar-refractivity contribution is 7.11. The molecular formula is C14H16N2OS. The van der Waals surface area contributed by atoms with Gasteiger partial charge in [0.15, 0.2) is 0 Å². The van der Waals surface area contributed by atoms with Crippen LogP contribution in [0.25, 0.3) is 0 Å². The molecule has 2 rings (SSSR count). The number of thiophene rings is 1. The second-order valence-electron chi connectivity index (χ2n) is 4.29. The van der Waals surface area contributed by atoms with Gasteiger partial charge >= 0.3 is 0 Å². The first-order valence-electron chi connectivity index (χ1n) is 5.76. The first-order chi connectivity index (χ1) is 8.56. The van der Waals surface area contributed by atoms with Crippen molar-refractivity contribution in [2.24, 2.45) is 0 Å². The van der Waals surface area contributed by atoms with Gasteiger partial charge in [-0.05, 0) is 43.7 Å². The Kier molecular flexibility index (Phi) is 3.67. The van der Waals surface area contributed by atoms with Gasteiger partial charge in [0.2, 0.25) is 0 Å². The molecule has 0 radical (unpaired) electrons. The fourth-order valence-electron chi connectivity index (χ4n) is 1.73. The number of nitrogen functional groups attached to an aromatic ring is 1. The number of hydrogen-bond donors (Lipinski definition) is 2. The fraction of sp³-hybridized carbons (Fsp3) is 0.214. The summed E-state index contributed by atoms with van der Waals surface area (Å²) in [5, 5.41) is 2.88. The second-order valence-corrected chi connectivity index (χ2v) is 5.66. The molecule has 0 saturated heterocycles. The molecule has 0 bridgehead atoms. The number of anilines is 1. The summed E-state index contributed by atoms with van der Waals surface area (Å²) in [4.78, 5) is 14.4. The van der Waals surface area contributed by atoms with E-state index in [4.69, 9.17) is 5.73 Å². The first kappa shape index (κ1) is 12.6. The average Bonchev–Trinajstić information content (AvgIpc) is 2.72. The number of nitrogens with one attached hydrogen (secondary N) is 1. The van der Waals surface area contributed by atoms with E-state index < -0.39 is 0 Å². The van der Waals surface area contributed by atoms with Crippen LogP contribution >= 0.6 is 11.3 Å². The van der Waals surface area contributed by atoms with Crippen LogP contribution in [0.1, 0.15) is 25.7 Å². The number of aryl methyl sites for hydroxylation is 2. The Morgan fingerprint density at radius 1 is 1.28 bits per heavy atom. The molecule has 2 aromatic rings. The van der Waals surface area contributed by atoms with Gasteiger partial charge in [0, 0.05) is 15.4 Å². The quantitative estimate of drug-likeness (QED) is 0.834. The highest BCUT2D eigenvalue weighted by Gasteiger charge is 2.09. The molecule has 1 aromatic heterocycles. The van der Waals surface area contributed by atoms with Crippen LogP contribution in [0.3, 0.4) is 0 Å². The van der Waals surface area contributed by atoms with Crippen molar-refractivity contribution in [3.8, 4) is 0 Å². The van der Waals surface area contributed by atoms with Gasteiger partial charge in [-0.1, -0.05) is 6.07 Å². The number of rotatable bonds is 3. The molecule has 3 nitrogen and oxygen atoms in total. The number of carbonyl (C=O) groups excluding carboxylic acids is 1. The third-order valence-corrected chi connectivity index (χ3v) is 3.67. The van der Waals surface area contributed by atoms with E-state index in [0.29, 0.717) is 17.8 Å². The molecule has 0 unspecified atom stereocenters. The number of nitrogens with two attached hydrogens (primary N) is 1. The van der Waals surface area contributed by atoms with Gasteiger partial charge in [-0.25, -0.2) is 0 Å². The molecule has 0 aliphatic carbocycles. The van der Waals surface area contributed by atoms with Gasteiger partial charge in [0.1, 0.15) is 0 Å². The lowest BCUT2D eigenvalue weighted by Crippen LogP contribution is -2.23. The van der Waals surface area contributed by atoms with Gasteiger partial charge in [-0.3, -0.25) is 4.79 Å². The number of carbonyl (C=O) groups is 1. The van der Waals surface area contributed by atoms with Gasteiger partial charge in [-0.15, -0.1) is 11.3 Å². The first-order valence-corrected chi connectivity index (χ1v) is 6.57. The van der Waals surface area contributed by atoms with Crippen molar-refractivity contribution >= 4 is 22.9 Å². The molecule has 0 spiro atoms. The van der Waals surface area contributed by atoms with Crippen molar-refractivity contribution in [2.75, 3.05) is 5.73 Å². The maximum atomic E-state index is 12.0. The van der Waals surface area contributed by atoms with E-state index in [0.717, 1.165) is 10.4 Å². The van der Waals surface area contributed by atoms with Crippen LogP contribution in [-0.4, -0.2) is 5.91 Å². The van der Waals surface area contributed by atoms with Crippen molar-refractivity contribution in [1.82, 2.24) is 5.32 Å². The van der Waals surface area contributed by atoms with Gasteiger partial charge in [-0.2, -0.15) is 0 Å². The Hall–Kier alpha value is -1.81. The summed E-state index contributed by atoms with van der Waals surface area (Å²) in [7, 11) is 0. The zero-order valence-corrected chi connectivity index (χ0v) is 11.3. The highest BCUT2D eigenvalue weighted by Crippen LogP contribution is 2.16. The summed E-state index contributed by atoms with van der Waals surface area (Å²) < 4.78 is 0. The maximum Gasteiger partial charge on any atom is 0.253 e. The molecule has 0 atom stereocenters. The zero-order chi connectivity index (χ0) is 13.1. The van der Waals surface area contributed by atoms with Gasteiger partial charge < -0.3 is 11.1 Å². The smallest absolute Gasteiger partial charge is 0.253 e. The Balaban J connectivity index is 2.03. The van der Waals surface area contributed by atoms with Crippen molar-refractivity contribution < 1.29 is 4.79 Å². The Morgan fingerprint density at radius 3 is 2.67 bits per heavy atom. The molecule has 0 fully saturated rings. The number of amides is 1. The van der Waals surface area contributed by atoms with Crippen LogP contribution in [-0.2, 0) is 6.54 Å². The van der Waals surface area contributed by atoms with E-state index >= 15 is 0 Å². The minimum atomic E-state index is -0.126. The van der Waals surface area contributed by atoms with Crippen LogP contribution in [0.5, 0.6) is 0 Å². The Morgan fingerprint density at radius 2 is 2.06 bits per heavy atom. The normalized spacial score (nSPS) is 10.3. The summed E-state index contributed by atoms with van der Waals surface area (Å²) in [6.45, 7) is 4.55. The van der Waals surface area contributed by atoms with E-state index in [2.05, 4.69) is 5.32 Å². The third kappa shape index (κ3) is 2.90. The maximum absolute atomic E-state index is 12.0. The largest absolute Gasteiger partial charge is 0.398 e. The minimum Gasteiger partial charge on any atom is -0.398 e. The molecule has 0 aliphatic heterocycles. The highest BCUT2D eigenvalue weighted by atomic mass is 32.1. The predicted octanol–water partition coefficient (Wildman–Crippen LogP) is 2.88. The molecule has 1 heterocycles. The predicted molar refractivity (Wildman–Crippen MR) is 75.8 cm³/mol. The monoisotopic (exact) mass is 260 g/mol. The Bertz CT molecular complexity index is 575. The third-order valence-electron chi connectivity index (χ3n) is 2.67. The zero-order valence-electron chi connectivity index (χ0n) is 10.5. The van der Waals surface area contributed by atoms with E-state index in [-0.39, 0.29) is 5.91 Å². The summed E-state index contributed by atoms with van der Waals surface area (Å²) in [6.07, 6.45) is 0. The SMILES string of the molecule is Cc1ccc(C(=O)NCc2ccc(C)s2)c(N)c1. The fourth-order valence-corrected chi connectivity index (χ4v) is 2.56. The van der Waals surface area contributed by atoms with Crippen LogP contribution < -0.4 is 11.1 Å². The summed E-state index contributed by atoms with van der Waals surface area (Å²) >= 11 is 1.69. The van der Waals surface area contributed by atoms with Crippen LogP contribution in [0.4, 0.5) is 5.69 Å². The molecule has 94 valence electrons. The topological polar surface area (TPSA) is 55.1 Å². The number of benzene rings is 1. The molecule has 4 heteroatoms. The standard InChI is InChI=1S/C14H16N2OS/c1-9-3-6-12(13(15)7-9)14(17)16-8-11-5-4-10(2)18-11/h3-7H,8,15H2,1-2H3,(H,16,17). The van der Waals surface area contributed by atoms with Crippen molar-refractivity contribution in [3.05, 3.63) is 51.2 Å². The molecule has 1 aromatic carbocycles. The summed E-state index contributed by atoms with van der Waals surface area (Å²) in [5.41, 5.74) is 7.95. The van der Waals surface area contributed by atoms with Crippen molar-refractivity contribution in [3.63, 3.8) is 0 Å². The van der Waals surface area contributed by atoms with E-state index in [1.807, 2.05) is 38.1 Å². The minimum absolute atomic E-state index is 0.126. The second kappa shape index (κ2) is 5.23. The van der Waals surface area contributed by atoms with E-state index in [1.54, 1.807) is 17.4 Å². The van der Waals surface area contributed by atoms with Gasteiger partial charge in [0.25, 0.3) is 5.91 Å². The van der Waals surface area contributed by atoms with Crippen LogP contribution in [0.2, 0.25) is 0 Å².